The van der Waals surface area contributed by atoms with Crippen molar-refractivity contribution in [2.45, 2.75) is 37.8 Å². The van der Waals surface area contributed by atoms with E-state index in [4.69, 9.17) is 4.74 Å². The third-order valence-corrected chi connectivity index (χ3v) is 7.83. The highest BCUT2D eigenvalue weighted by atomic mass is 127. The molecule has 0 saturated carbocycles. The minimum Gasteiger partial charge on any atom is -0.453 e. The molecule has 3 aromatic carbocycles. The van der Waals surface area contributed by atoms with Gasteiger partial charge >= 0.3 is 6.09 Å². The van der Waals surface area contributed by atoms with Crippen molar-refractivity contribution >= 4 is 34.6 Å². The molecule has 39 heavy (non-hydrogen) atoms. The fourth-order valence-corrected chi connectivity index (χ4v) is 5.47. The van der Waals surface area contributed by atoms with Crippen LogP contribution in [0.15, 0.2) is 85.1 Å². The lowest BCUT2D eigenvalue weighted by atomic mass is 10.0. The van der Waals surface area contributed by atoms with E-state index in [1.165, 1.54) is 16.2 Å². The van der Waals surface area contributed by atoms with Gasteiger partial charge in [-0.3, -0.25) is 4.79 Å². The molecule has 7 nitrogen and oxygen atoms in total. The SMILES string of the molecule is COC(=O)N[C@H](CC(=O)N1CCC[C@H]1c1ncc(-c2ccc(-c3ccc(I)cc3)cc2)[nH]1)Cc1ccccc1. The molecule has 0 radical (unpaired) electrons. The van der Waals surface area contributed by atoms with Crippen molar-refractivity contribution in [1.82, 2.24) is 20.2 Å². The molecule has 1 fully saturated rings. The Morgan fingerprint density at radius 2 is 1.69 bits per heavy atom. The summed E-state index contributed by atoms with van der Waals surface area (Å²) in [4.78, 5) is 35.5. The summed E-state index contributed by atoms with van der Waals surface area (Å²) < 4.78 is 6.02. The van der Waals surface area contributed by atoms with Gasteiger partial charge in [-0.05, 0) is 76.2 Å². The van der Waals surface area contributed by atoms with Gasteiger partial charge in [0.15, 0.2) is 0 Å². The third-order valence-electron chi connectivity index (χ3n) is 7.11. The van der Waals surface area contributed by atoms with Crippen molar-refractivity contribution in [1.29, 1.82) is 0 Å². The van der Waals surface area contributed by atoms with Crippen LogP contribution in [0.5, 0.6) is 0 Å². The van der Waals surface area contributed by atoms with E-state index >= 15 is 0 Å². The predicted molar refractivity (Wildman–Crippen MR) is 160 cm³/mol. The predicted octanol–water partition coefficient (Wildman–Crippen LogP) is 6.37. The smallest absolute Gasteiger partial charge is 0.407 e. The average Bonchev–Trinajstić information content (AvgIpc) is 3.64. The van der Waals surface area contributed by atoms with Crippen LogP contribution in [0.2, 0.25) is 0 Å². The minimum absolute atomic E-state index is 0.00495. The Labute approximate surface area is 242 Å². The number of likely N-dealkylation sites (tertiary alicyclic amines) is 1. The summed E-state index contributed by atoms with van der Waals surface area (Å²) >= 11 is 2.31. The maximum Gasteiger partial charge on any atom is 0.407 e. The summed E-state index contributed by atoms with van der Waals surface area (Å²) in [5, 5.41) is 2.84. The first-order chi connectivity index (χ1) is 19.0. The van der Waals surface area contributed by atoms with E-state index in [2.05, 4.69) is 86.4 Å². The number of rotatable bonds is 8. The second-order valence-corrected chi connectivity index (χ2v) is 11.0. The second-order valence-electron chi connectivity index (χ2n) is 9.74. The van der Waals surface area contributed by atoms with E-state index in [9.17, 15) is 9.59 Å². The molecule has 0 aliphatic carbocycles. The molecule has 1 aliphatic rings. The summed E-state index contributed by atoms with van der Waals surface area (Å²) in [5.74, 6) is 0.785. The van der Waals surface area contributed by atoms with Crippen LogP contribution < -0.4 is 5.32 Å². The number of alkyl carbamates (subject to hydrolysis) is 1. The molecule has 2 N–H and O–H groups in total. The van der Waals surface area contributed by atoms with Gasteiger partial charge in [-0.25, -0.2) is 9.78 Å². The van der Waals surface area contributed by atoms with E-state index in [1.807, 2.05) is 41.4 Å². The van der Waals surface area contributed by atoms with Gasteiger partial charge in [0.1, 0.15) is 5.82 Å². The van der Waals surface area contributed by atoms with Crippen LogP contribution in [0.4, 0.5) is 4.79 Å². The Morgan fingerprint density at radius 3 is 2.38 bits per heavy atom. The number of methoxy groups -OCH3 is 1. The summed E-state index contributed by atoms with van der Waals surface area (Å²) in [7, 11) is 1.33. The lowest BCUT2D eigenvalue weighted by Gasteiger charge is -2.26. The second kappa shape index (κ2) is 12.5. The van der Waals surface area contributed by atoms with E-state index < -0.39 is 6.09 Å². The summed E-state index contributed by atoms with van der Waals surface area (Å²) in [6, 6.07) is 26.2. The number of benzene rings is 3. The molecule has 2 heterocycles. The molecule has 200 valence electrons. The van der Waals surface area contributed by atoms with E-state index in [0.29, 0.717) is 13.0 Å². The van der Waals surface area contributed by atoms with Crippen molar-refractivity contribution < 1.29 is 14.3 Å². The summed E-state index contributed by atoms with van der Waals surface area (Å²) in [6.07, 6.45) is 3.79. The van der Waals surface area contributed by atoms with Crippen molar-refractivity contribution in [2.24, 2.45) is 0 Å². The van der Waals surface area contributed by atoms with E-state index in [1.54, 1.807) is 0 Å². The van der Waals surface area contributed by atoms with Crippen LogP contribution in [0.1, 0.15) is 36.7 Å². The molecule has 0 unspecified atom stereocenters. The maximum atomic E-state index is 13.5. The zero-order valence-corrected chi connectivity index (χ0v) is 23.9. The monoisotopic (exact) mass is 634 g/mol. The first-order valence-corrected chi connectivity index (χ1v) is 14.2. The molecule has 4 aromatic rings. The van der Waals surface area contributed by atoms with Crippen LogP contribution in [0.25, 0.3) is 22.4 Å². The Balaban J connectivity index is 1.27. The number of nitrogens with zero attached hydrogens (tertiary/aromatic N) is 2. The number of carbonyl (C=O) groups excluding carboxylic acids is 2. The van der Waals surface area contributed by atoms with Crippen LogP contribution in [-0.2, 0) is 16.0 Å². The largest absolute Gasteiger partial charge is 0.453 e. The van der Waals surface area contributed by atoms with Gasteiger partial charge in [-0.15, -0.1) is 0 Å². The van der Waals surface area contributed by atoms with E-state index in [-0.39, 0.29) is 24.4 Å². The number of H-pyrrole nitrogens is 1. The van der Waals surface area contributed by atoms with Gasteiger partial charge in [0.2, 0.25) is 5.91 Å². The first kappa shape index (κ1) is 26.9. The zero-order valence-electron chi connectivity index (χ0n) is 21.8. The van der Waals surface area contributed by atoms with Gasteiger partial charge in [0.05, 0.1) is 25.0 Å². The van der Waals surface area contributed by atoms with Crippen molar-refractivity contribution in [3.05, 3.63) is 100 Å². The van der Waals surface area contributed by atoms with Gasteiger partial charge < -0.3 is 19.9 Å². The number of ether oxygens (including phenoxy) is 1. The fourth-order valence-electron chi connectivity index (χ4n) is 5.11. The zero-order chi connectivity index (χ0) is 27.2. The normalized spacial score (nSPS) is 15.6. The number of aromatic nitrogens is 2. The van der Waals surface area contributed by atoms with Gasteiger partial charge in [0, 0.05) is 22.6 Å². The fraction of sp³-hybridized carbons (Fsp3) is 0.258. The molecule has 1 aliphatic heterocycles. The molecule has 0 spiro atoms. The number of halogens is 1. The molecule has 1 saturated heterocycles. The number of imidazole rings is 1. The Kier molecular flexibility index (Phi) is 8.61. The Hall–Kier alpha value is -3.66. The van der Waals surface area contributed by atoms with Crippen LogP contribution in [0, 0.1) is 3.57 Å². The highest BCUT2D eigenvalue weighted by Crippen LogP contribution is 2.33. The van der Waals surface area contributed by atoms with Crippen LogP contribution in [0.3, 0.4) is 0 Å². The van der Waals surface area contributed by atoms with Crippen molar-refractivity contribution in [3.8, 4) is 22.4 Å². The molecule has 8 heteroatoms. The summed E-state index contributed by atoms with van der Waals surface area (Å²) in [5.41, 5.74) is 5.36. The molecule has 0 bridgehead atoms. The lowest BCUT2D eigenvalue weighted by molar-refractivity contribution is -0.132. The number of hydrogen-bond acceptors (Lipinski definition) is 4. The number of aromatic amines is 1. The van der Waals surface area contributed by atoms with Gasteiger partial charge in [0.25, 0.3) is 0 Å². The van der Waals surface area contributed by atoms with Crippen molar-refractivity contribution in [2.75, 3.05) is 13.7 Å². The maximum absolute atomic E-state index is 13.5. The van der Waals surface area contributed by atoms with Crippen LogP contribution >= 0.6 is 22.6 Å². The van der Waals surface area contributed by atoms with Gasteiger partial charge in [-0.1, -0.05) is 66.7 Å². The Bertz CT molecular complexity index is 1400. The summed E-state index contributed by atoms with van der Waals surface area (Å²) in [6.45, 7) is 0.667. The van der Waals surface area contributed by atoms with E-state index in [0.717, 1.165) is 41.1 Å². The minimum atomic E-state index is -0.537. The standard InChI is InChI=1S/C31H31IN4O3/c1-39-31(38)34-26(18-21-6-3-2-4-7-21)19-29(37)36-17-5-8-28(36)30-33-20-27(35-30)24-11-9-22(10-12-24)23-13-15-25(32)16-14-23/h2-4,6-7,9-16,20,26,28H,5,8,17-19H2,1H3,(H,33,35)(H,34,38)/t26-,28-/m0/s1. The first-order valence-electron chi connectivity index (χ1n) is 13.1. The number of carbonyl (C=O) groups is 2. The molecule has 1 aromatic heterocycles. The van der Waals surface area contributed by atoms with Gasteiger partial charge in [-0.2, -0.15) is 0 Å². The molecular formula is C31H31IN4O3. The number of hydrogen-bond donors (Lipinski definition) is 2. The Morgan fingerprint density at radius 1 is 1.03 bits per heavy atom. The average molecular weight is 635 g/mol. The number of amides is 2. The quantitative estimate of drug-likeness (QED) is 0.221. The third kappa shape index (κ3) is 6.68. The van der Waals surface area contributed by atoms with Crippen LogP contribution in [-0.4, -0.2) is 46.6 Å². The number of nitrogens with one attached hydrogen (secondary N) is 2. The molecule has 2 atom stereocenters. The molecule has 5 rings (SSSR count). The highest BCUT2D eigenvalue weighted by molar-refractivity contribution is 14.1. The topological polar surface area (TPSA) is 87.3 Å². The molecule has 2 amide bonds. The molecular weight excluding hydrogens is 603 g/mol. The highest BCUT2D eigenvalue weighted by Gasteiger charge is 2.33. The lowest BCUT2D eigenvalue weighted by Crippen LogP contribution is -2.42. The van der Waals surface area contributed by atoms with Crippen molar-refractivity contribution in [3.63, 3.8) is 0 Å².